The van der Waals surface area contributed by atoms with Gasteiger partial charge in [-0.15, -0.1) is 0 Å². The molecule has 2 rings (SSSR count). The van der Waals surface area contributed by atoms with Gasteiger partial charge in [0.1, 0.15) is 0 Å². The van der Waals surface area contributed by atoms with Crippen LogP contribution in [-0.4, -0.2) is 9.55 Å². The fraction of sp³-hybridized carbons (Fsp3) is 0.667. The Labute approximate surface area is 81.1 Å². The topological polar surface area (TPSA) is 17.8 Å². The summed E-state index contributed by atoms with van der Waals surface area (Å²) in [6.45, 7) is 0. The highest BCUT2D eigenvalue weighted by molar-refractivity contribution is 9.10. The molecule has 3 heteroatoms. The van der Waals surface area contributed by atoms with E-state index in [2.05, 4.69) is 32.5 Å². The molecule has 1 aromatic heterocycles. The monoisotopic (exact) mass is 228 g/mol. The Balaban J connectivity index is 2.26. The van der Waals surface area contributed by atoms with Crippen molar-refractivity contribution in [3.05, 3.63) is 16.6 Å². The van der Waals surface area contributed by atoms with Gasteiger partial charge in [-0.25, -0.2) is 4.98 Å². The third-order valence-electron chi connectivity index (χ3n) is 2.74. The van der Waals surface area contributed by atoms with E-state index in [1.807, 2.05) is 6.20 Å². The lowest BCUT2D eigenvalue weighted by atomic mass is 10.1. The summed E-state index contributed by atoms with van der Waals surface area (Å²) in [6.07, 6.45) is 7.44. The molecule has 12 heavy (non-hydrogen) atoms. The van der Waals surface area contributed by atoms with Gasteiger partial charge in [0.25, 0.3) is 0 Å². The van der Waals surface area contributed by atoms with E-state index in [1.165, 1.54) is 31.4 Å². The summed E-state index contributed by atoms with van der Waals surface area (Å²) < 4.78 is 3.10. The van der Waals surface area contributed by atoms with Crippen LogP contribution in [0, 0.1) is 0 Å². The van der Waals surface area contributed by atoms with E-state index in [0.29, 0.717) is 0 Å². The van der Waals surface area contributed by atoms with Crippen LogP contribution in [0.25, 0.3) is 0 Å². The van der Waals surface area contributed by atoms with E-state index in [0.717, 1.165) is 10.7 Å². The molecular weight excluding hydrogens is 216 g/mol. The second kappa shape index (κ2) is 3.21. The molecule has 0 bridgehead atoms. The normalized spacial score (nSPS) is 18.8. The molecule has 1 aliphatic rings. The van der Waals surface area contributed by atoms with Crippen LogP contribution in [0.1, 0.15) is 37.3 Å². The van der Waals surface area contributed by atoms with Gasteiger partial charge in [0, 0.05) is 24.9 Å². The van der Waals surface area contributed by atoms with Gasteiger partial charge >= 0.3 is 0 Å². The molecule has 0 spiro atoms. The van der Waals surface area contributed by atoms with Gasteiger partial charge in [-0.3, -0.25) is 0 Å². The summed E-state index contributed by atoms with van der Waals surface area (Å²) in [7, 11) is 2.07. The molecule has 0 unspecified atom stereocenters. The van der Waals surface area contributed by atoms with Gasteiger partial charge in [0.15, 0.2) is 4.73 Å². The zero-order chi connectivity index (χ0) is 8.55. The number of nitrogens with zero attached hydrogens (tertiary/aromatic N) is 2. The van der Waals surface area contributed by atoms with Crippen molar-refractivity contribution >= 4 is 15.9 Å². The lowest BCUT2D eigenvalue weighted by Gasteiger charge is -2.09. The molecule has 0 atom stereocenters. The molecule has 1 aromatic rings. The lowest BCUT2D eigenvalue weighted by molar-refractivity contribution is 0.651. The van der Waals surface area contributed by atoms with Crippen LogP contribution >= 0.6 is 15.9 Å². The smallest absolute Gasteiger partial charge is 0.177 e. The molecule has 0 radical (unpaired) electrons. The van der Waals surface area contributed by atoms with Gasteiger partial charge in [-0.05, 0) is 28.8 Å². The zero-order valence-corrected chi connectivity index (χ0v) is 8.84. The highest BCUT2D eigenvalue weighted by Gasteiger charge is 2.20. The van der Waals surface area contributed by atoms with E-state index in [-0.39, 0.29) is 0 Å². The predicted molar refractivity (Wildman–Crippen MR) is 52.1 cm³/mol. The van der Waals surface area contributed by atoms with Gasteiger partial charge in [0.05, 0.1) is 0 Å². The minimum atomic E-state index is 0.758. The molecule has 0 aliphatic heterocycles. The molecule has 66 valence electrons. The fourth-order valence-electron chi connectivity index (χ4n) is 2.00. The number of aromatic nitrogens is 2. The first-order chi connectivity index (χ1) is 5.79. The minimum absolute atomic E-state index is 0.758. The summed E-state index contributed by atoms with van der Waals surface area (Å²) in [6, 6.07) is 0. The second-order valence-electron chi connectivity index (χ2n) is 3.49. The fourth-order valence-corrected chi connectivity index (χ4v) is 2.31. The maximum absolute atomic E-state index is 4.24. The van der Waals surface area contributed by atoms with Crippen molar-refractivity contribution in [3.63, 3.8) is 0 Å². The maximum atomic E-state index is 4.24. The van der Waals surface area contributed by atoms with Crippen LogP contribution in [-0.2, 0) is 7.05 Å². The van der Waals surface area contributed by atoms with Crippen LogP contribution < -0.4 is 0 Å². The Morgan fingerprint density at radius 1 is 1.50 bits per heavy atom. The van der Waals surface area contributed by atoms with Gasteiger partial charge in [-0.1, -0.05) is 12.8 Å². The predicted octanol–water partition coefficient (Wildman–Crippen LogP) is 2.84. The highest BCUT2D eigenvalue weighted by atomic mass is 79.9. The van der Waals surface area contributed by atoms with Crippen molar-refractivity contribution in [3.8, 4) is 0 Å². The molecule has 1 saturated carbocycles. The van der Waals surface area contributed by atoms with E-state index >= 15 is 0 Å². The van der Waals surface area contributed by atoms with E-state index in [9.17, 15) is 0 Å². The first kappa shape index (κ1) is 8.30. The van der Waals surface area contributed by atoms with E-state index < -0.39 is 0 Å². The zero-order valence-electron chi connectivity index (χ0n) is 7.26. The van der Waals surface area contributed by atoms with Crippen LogP contribution in [0.15, 0.2) is 10.9 Å². The van der Waals surface area contributed by atoms with Crippen molar-refractivity contribution in [2.24, 2.45) is 7.05 Å². The first-order valence-electron chi connectivity index (χ1n) is 4.46. The van der Waals surface area contributed by atoms with Crippen molar-refractivity contribution in [1.29, 1.82) is 0 Å². The van der Waals surface area contributed by atoms with E-state index in [1.54, 1.807) is 0 Å². The molecule has 1 aliphatic carbocycles. The van der Waals surface area contributed by atoms with Gasteiger partial charge < -0.3 is 4.57 Å². The van der Waals surface area contributed by atoms with Crippen molar-refractivity contribution in [1.82, 2.24) is 9.55 Å². The first-order valence-corrected chi connectivity index (χ1v) is 5.25. The Bertz CT molecular complexity index is 274. The average molecular weight is 229 g/mol. The molecule has 0 aromatic carbocycles. The Morgan fingerprint density at radius 3 is 2.67 bits per heavy atom. The number of halogens is 1. The molecular formula is C9H13BrN2. The molecule has 0 amide bonds. The number of rotatable bonds is 1. The summed E-state index contributed by atoms with van der Waals surface area (Å²) in [5, 5.41) is 0. The number of hydrogen-bond acceptors (Lipinski definition) is 1. The van der Waals surface area contributed by atoms with Crippen LogP contribution in [0.3, 0.4) is 0 Å². The lowest BCUT2D eigenvalue weighted by Crippen LogP contribution is -2.00. The summed E-state index contributed by atoms with van der Waals surface area (Å²) >= 11 is 3.41. The molecule has 2 nitrogen and oxygen atoms in total. The Morgan fingerprint density at radius 2 is 2.17 bits per heavy atom. The third-order valence-corrected chi connectivity index (χ3v) is 3.48. The van der Waals surface area contributed by atoms with Gasteiger partial charge in [-0.2, -0.15) is 0 Å². The highest BCUT2D eigenvalue weighted by Crippen LogP contribution is 2.34. The van der Waals surface area contributed by atoms with Crippen molar-refractivity contribution < 1.29 is 0 Å². The van der Waals surface area contributed by atoms with Crippen molar-refractivity contribution in [2.45, 2.75) is 31.6 Å². The summed E-state index contributed by atoms with van der Waals surface area (Å²) in [5.41, 5.74) is 1.39. The molecule has 0 N–H and O–H groups in total. The van der Waals surface area contributed by atoms with Crippen LogP contribution in [0.4, 0.5) is 0 Å². The standard InChI is InChI=1S/C9H13BrN2/c1-12-8(6-11-9(12)10)7-4-2-3-5-7/h6-7H,2-5H2,1H3. The van der Waals surface area contributed by atoms with Crippen LogP contribution in [0.2, 0.25) is 0 Å². The second-order valence-corrected chi connectivity index (χ2v) is 4.20. The number of imidazole rings is 1. The van der Waals surface area contributed by atoms with Crippen LogP contribution in [0.5, 0.6) is 0 Å². The quantitative estimate of drug-likeness (QED) is 0.723. The molecule has 0 saturated heterocycles. The number of hydrogen-bond donors (Lipinski definition) is 0. The minimum Gasteiger partial charge on any atom is -0.326 e. The third kappa shape index (κ3) is 1.30. The summed E-state index contributed by atoms with van der Waals surface area (Å²) in [4.78, 5) is 4.24. The Hall–Kier alpha value is -0.310. The average Bonchev–Trinajstić information content (AvgIpc) is 2.64. The maximum Gasteiger partial charge on any atom is 0.177 e. The Kier molecular flexibility index (Phi) is 2.22. The summed E-state index contributed by atoms with van der Waals surface area (Å²) in [5.74, 6) is 0.758. The molecule has 1 fully saturated rings. The largest absolute Gasteiger partial charge is 0.326 e. The van der Waals surface area contributed by atoms with Gasteiger partial charge in [0.2, 0.25) is 0 Å². The SMILES string of the molecule is Cn1c(C2CCCC2)cnc1Br. The van der Waals surface area contributed by atoms with E-state index in [4.69, 9.17) is 0 Å². The molecule has 1 heterocycles. The van der Waals surface area contributed by atoms with Crippen molar-refractivity contribution in [2.75, 3.05) is 0 Å².